The van der Waals surface area contributed by atoms with Crippen LogP contribution in [0, 0.1) is 0 Å². The molecule has 2 aromatic heterocycles. The van der Waals surface area contributed by atoms with Gasteiger partial charge in [0.25, 0.3) is 0 Å². The topological polar surface area (TPSA) is 71.7 Å². The summed E-state index contributed by atoms with van der Waals surface area (Å²) in [6.45, 7) is 6.90. The van der Waals surface area contributed by atoms with Crippen LogP contribution in [0.1, 0.15) is 43.3 Å². The summed E-state index contributed by atoms with van der Waals surface area (Å²) in [6.07, 6.45) is -4.45. The first-order valence-corrected chi connectivity index (χ1v) is 10.4. The lowest BCUT2D eigenvalue weighted by Crippen LogP contribution is -2.38. The summed E-state index contributed by atoms with van der Waals surface area (Å²) in [5, 5.41) is 8.51. The van der Waals surface area contributed by atoms with Gasteiger partial charge in [-0.2, -0.15) is 13.2 Å². The van der Waals surface area contributed by atoms with Crippen LogP contribution < -0.4 is 15.4 Å². The van der Waals surface area contributed by atoms with E-state index in [-0.39, 0.29) is 41.6 Å². The van der Waals surface area contributed by atoms with Gasteiger partial charge in [-0.3, -0.25) is 0 Å². The van der Waals surface area contributed by atoms with Gasteiger partial charge >= 0.3 is 6.18 Å². The summed E-state index contributed by atoms with van der Waals surface area (Å²) in [4.78, 5) is 7.96. The minimum atomic E-state index is -4.45. The van der Waals surface area contributed by atoms with Crippen LogP contribution in [0.2, 0.25) is 0 Å². The minimum Gasteiger partial charge on any atom is -0.490 e. The number of aromatic nitrogens is 1. The molecule has 0 saturated carbocycles. The number of thiazole rings is 1. The number of furan rings is 1. The first-order chi connectivity index (χ1) is 14.3. The van der Waals surface area contributed by atoms with Crippen LogP contribution in [0.4, 0.5) is 13.2 Å². The zero-order valence-electron chi connectivity index (χ0n) is 17.2. The summed E-state index contributed by atoms with van der Waals surface area (Å²) in [5.41, 5.74) is -0.219. The molecular formula is C20H24F3IN4O2S. The normalized spacial score (nSPS) is 13.0. The molecule has 2 N–H and O–H groups in total. The molecule has 1 aromatic carbocycles. The van der Waals surface area contributed by atoms with Gasteiger partial charge in [-0.05, 0) is 32.9 Å². The van der Waals surface area contributed by atoms with Crippen LogP contribution in [-0.4, -0.2) is 24.1 Å². The second kappa shape index (κ2) is 11.0. The predicted molar refractivity (Wildman–Crippen MR) is 126 cm³/mol. The third-order valence-corrected chi connectivity index (χ3v) is 5.00. The average Bonchev–Trinajstić information content (AvgIpc) is 3.34. The number of nitrogens with one attached hydrogen (secondary N) is 2. The van der Waals surface area contributed by atoms with Crippen molar-refractivity contribution in [3.63, 3.8) is 0 Å². The second-order valence-corrected chi connectivity index (χ2v) is 7.38. The Morgan fingerprint density at radius 3 is 2.74 bits per heavy atom. The Labute approximate surface area is 199 Å². The Hall–Kier alpha value is -2.02. The highest BCUT2D eigenvalue weighted by Crippen LogP contribution is 2.31. The number of benzene rings is 1. The first-order valence-electron chi connectivity index (χ1n) is 9.53. The molecule has 0 saturated heterocycles. The molecule has 0 aliphatic heterocycles. The third-order valence-electron chi connectivity index (χ3n) is 4.17. The number of hydrogen-bond acceptors (Lipinski definition) is 5. The monoisotopic (exact) mass is 568 g/mol. The number of fused-ring (bicyclic) bond motifs is 1. The standard InChI is InChI=1S/C20H23F3N4O2S.HI/c1-4-24-19(25-10-17-27-16(11-30-17)20(21,22)23)26-12(3)15-9-13-7-6-8-14(28-5-2)18(13)29-15;/h6-9,11-12H,4-5,10H2,1-3H3,(H2,24,25,26);1H. The van der Waals surface area contributed by atoms with E-state index in [0.29, 0.717) is 36.2 Å². The number of halogens is 4. The SMILES string of the molecule is CCNC(=NCc1nc(C(F)(F)F)cs1)NC(C)c1cc2cccc(OCC)c2o1.I. The number of aliphatic imine (C=N–C) groups is 1. The fourth-order valence-electron chi connectivity index (χ4n) is 2.80. The predicted octanol–water partition coefficient (Wildman–Crippen LogP) is 5.74. The third kappa shape index (κ3) is 6.48. The van der Waals surface area contributed by atoms with E-state index in [1.54, 1.807) is 0 Å². The summed E-state index contributed by atoms with van der Waals surface area (Å²) in [6, 6.07) is 7.39. The van der Waals surface area contributed by atoms with Gasteiger partial charge < -0.3 is 19.8 Å². The molecule has 0 bridgehead atoms. The maximum atomic E-state index is 12.7. The summed E-state index contributed by atoms with van der Waals surface area (Å²) >= 11 is 0.935. The molecule has 0 aliphatic rings. The highest BCUT2D eigenvalue weighted by atomic mass is 127. The Kier molecular flexibility index (Phi) is 8.98. The lowest BCUT2D eigenvalue weighted by Gasteiger charge is -2.15. The lowest BCUT2D eigenvalue weighted by molar-refractivity contribution is -0.140. The fraction of sp³-hybridized carbons (Fsp3) is 0.400. The van der Waals surface area contributed by atoms with Crippen molar-refractivity contribution in [1.29, 1.82) is 0 Å². The molecule has 3 aromatic rings. The van der Waals surface area contributed by atoms with E-state index in [1.807, 2.05) is 45.0 Å². The smallest absolute Gasteiger partial charge is 0.434 e. The van der Waals surface area contributed by atoms with Crippen LogP contribution in [0.5, 0.6) is 5.75 Å². The van der Waals surface area contributed by atoms with Crippen LogP contribution in [0.3, 0.4) is 0 Å². The van der Waals surface area contributed by atoms with E-state index in [4.69, 9.17) is 9.15 Å². The number of rotatable bonds is 7. The number of para-hydroxylation sites is 1. The highest BCUT2D eigenvalue weighted by Gasteiger charge is 2.33. The molecule has 11 heteroatoms. The summed E-state index contributed by atoms with van der Waals surface area (Å²) in [7, 11) is 0. The number of guanidine groups is 1. The molecule has 0 amide bonds. The van der Waals surface area contributed by atoms with Crippen molar-refractivity contribution >= 4 is 52.2 Å². The Bertz CT molecular complexity index is 1020. The van der Waals surface area contributed by atoms with Crippen molar-refractivity contribution in [2.24, 2.45) is 4.99 Å². The van der Waals surface area contributed by atoms with E-state index in [2.05, 4.69) is 20.6 Å². The van der Waals surface area contributed by atoms with Crippen LogP contribution in [0.15, 0.2) is 39.1 Å². The van der Waals surface area contributed by atoms with Crippen molar-refractivity contribution in [3.8, 4) is 5.75 Å². The van der Waals surface area contributed by atoms with E-state index < -0.39 is 11.9 Å². The zero-order chi connectivity index (χ0) is 21.7. The van der Waals surface area contributed by atoms with E-state index in [9.17, 15) is 13.2 Å². The van der Waals surface area contributed by atoms with Gasteiger partial charge in [-0.15, -0.1) is 35.3 Å². The van der Waals surface area contributed by atoms with Gasteiger partial charge in [0.2, 0.25) is 0 Å². The Morgan fingerprint density at radius 1 is 1.32 bits per heavy atom. The number of ether oxygens (including phenoxy) is 1. The number of alkyl halides is 3. The quantitative estimate of drug-likeness (QED) is 0.216. The fourth-order valence-corrected chi connectivity index (χ4v) is 3.52. The molecule has 0 radical (unpaired) electrons. The van der Waals surface area contributed by atoms with Crippen molar-refractivity contribution in [2.45, 2.75) is 39.5 Å². The van der Waals surface area contributed by atoms with Crippen LogP contribution >= 0.6 is 35.3 Å². The van der Waals surface area contributed by atoms with Crippen molar-refractivity contribution in [1.82, 2.24) is 15.6 Å². The molecule has 1 atom stereocenters. The molecule has 2 heterocycles. The Balaban J connectivity index is 0.00000341. The van der Waals surface area contributed by atoms with Gasteiger partial charge in [0.05, 0.1) is 19.2 Å². The van der Waals surface area contributed by atoms with Crippen LogP contribution in [0.25, 0.3) is 11.0 Å². The molecule has 0 aliphatic carbocycles. The largest absolute Gasteiger partial charge is 0.490 e. The molecule has 1 unspecified atom stereocenters. The summed E-state index contributed by atoms with van der Waals surface area (Å²) < 4.78 is 49.7. The van der Waals surface area contributed by atoms with E-state index in [1.165, 1.54) is 0 Å². The van der Waals surface area contributed by atoms with E-state index in [0.717, 1.165) is 22.1 Å². The second-order valence-electron chi connectivity index (χ2n) is 6.44. The van der Waals surface area contributed by atoms with Gasteiger partial charge in [0.1, 0.15) is 10.8 Å². The highest BCUT2D eigenvalue weighted by molar-refractivity contribution is 14.0. The van der Waals surface area contributed by atoms with Crippen molar-refractivity contribution in [2.75, 3.05) is 13.2 Å². The Morgan fingerprint density at radius 2 is 2.10 bits per heavy atom. The molecule has 170 valence electrons. The molecule has 6 nitrogen and oxygen atoms in total. The minimum absolute atomic E-state index is 0. The van der Waals surface area contributed by atoms with E-state index >= 15 is 0 Å². The van der Waals surface area contributed by atoms with Gasteiger partial charge in [0.15, 0.2) is 23.0 Å². The molecule has 0 spiro atoms. The summed E-state index contributed by atoms with van der Waals surface area (Å²) in [5.74, 6) is 1.83. The zero-order valence-corrected chi connectivity index (χ0v) is 20.4. The lowest BCUT2D eigenvalue weighted by atomic mass is 10.2. The van der Waals surface area contributed by atoms with Gasteiger partial charge in [0, 0.05) is 17.3 Å². The molecule has 0 fully saturated rings. The van der Waals surface area contributed by atoms with Gasteiger partial charge in [-0.25, -0.2) is 9.98 Å². The number of nitrogens with zero attached hydrogens (tertiary/aromatic N) is 2. The van der Waals surface area contributed by atoms with Crippen molar-refractivity contribution < 1.29 is 22.3 Å². The number of hydrogen-bond donors (Lipinski definition) is 2. The molecule has 3 rings (SSSR count). The molecular weight excluding hydrogens is 544 g/mol. The van der Waals surface area contributed by atoms with Gasteiger partial charge in [-0.1, -0.05) is 12.1 Å². The maximum absolute atomic E-state index is 12.7. The van der Waals surface area contributed by atoms with Crippen molar-refractivity contribution in [3.05, 3.63) is 46.1 Å². The first kappa shape index (κ1) is 25.2. The molecule has 31 heavy (non-hydrogen) atoms. The van der Waals surface area contributed by atoms with Crippen LogP contribution in [-0.2, 0) is 12.7 Å². The average molecular weight is 568 g/mol. The maximum Gasteiger partial charge on any atom is 0.434 e.